The predicted octanol–water partition coefficient (Wildman–Crippen LogP) is 0.105. The maximum absolute atomic E-state index is 5.25. The van der Waals surface area contributed by atoms with Gasteiger partial charge in [-0.15, -0.1) is 0 Å². The molecule has 0 saturated heterocycles. The summed E-state index contributed by atoms with van der Waals surface area (Å²) in [6, 6.07) is 8.05. The second-order valence-electron chi connectivity index (χ2n) is 2.29. The van der Waals surface area contributed by atoms with E-state index in [1.165, 1.54) is 5.56 Å². The number of benzene rings is 1. The first-order valence-corrected chi connectivity index (χ1v) is 4.18. The molecule has 0 atom stereocenters. The topological polar surface area (TPSA) is 38.0 Å². The Morgan fingerprint density at radius 1 is 1.45 bits per heavy atom. The van der Waals surface area contributed by atoms with E-state index < -0.39 is 0 Å². The van der Waals surface area contributed by atoms with Crippen molar-refractivity contribution in [1.29, 1.82) is 0 Å². The molecule has 3 heteroatoms. The van der Waals surface area contributed by atoms with E-state index in [0.717, 1.165) is 10.1 Å². The van der Waals surface area contributed by atoms with Crippen LogP contribution >= 0.6 is 0 Å². The van der Waals surface area contributed by atoms with Gasteiger partial charge in [-0.3, -0.25) is 0 Å². The number of nitrogens with one attached hydrogen (secondary N) is 1. The van der Waals surface area contributed by atoms with E-state index in [4.69, 9.17) is 5.84 Å². The summed E-state index contributed by atoms with van der Waals surface area (Å²) in [5.41, 5.74) is 4.91. The Bertz CT molecular complexity index is 271. The zero-order chi connectivity index (χ0) is 8.27. The Morgan fingerprint density at radius 3 is 2.64 bits per heavy atom. The van der Waals surface area contributed by atoms with E-state index in [-0.39, 0.29) is 0 Å². The van der Waals surface area contributed by atoms with Gasteiger partial charge in [0.15, 0.2) is 0 Å². The van der Waals surface area contributed by atoms with Crippen LogP contribution in [0.2, 0.25) is 0 Å². The zero-order valence-electron chi connectivity index (χ0n) is 6.29. The number of hydrogen-bond donors (Lipinski definition) is 2. The summed E-state index contributed by atoms with van der Waals surface area (Å²) in [4.78, 5) is 0. The van der Waals surface area contributed by atoms with Gasteiger partial charge < -0.3 is 0 Å². The first-order chi connectivity index (χ1) is 5.25. The van der Waals surface area contributed by atoms with Crippen LogP contribution in [0.15, 0.2) is 24.3 Å². The standard InChI is InChI=1S/C8H10N2Se/c1-6-4-2-3-5-7(6)8(11)10-9/h2-5H,9H2,1H3,(H,10,11). The fourth-order valence-corrected chi connectivity index (χ4v) is 1.39. The number of hydrazine groups is 1. The van der Waals surface area contributed by atoms with Crippen molar-refractivity contribution in [3.05, 3.63) is 35.4 Å². The second kappa shape index (κ2) is 3.67. The Kier molecular flexibility index (Phi) is 2.83. The van der Waals surface area contributed by atoms with Crippen molar-refractivity contribution in [3.8, 4) is 0 Å². The summed E-state index contributed by atoms with van der Waals surface area (Å²) in [7, 11) is 0. The molecule has 2 nitrogen and oxygen atoms in total. The molecule has 1 rings (SSSR count). The molecule has 11 heavy (non-hydrogen) atoms. The summed E-state index contributed by atoms with van der Waals surface area (Å²) < 4.78 is 0.878. The molecule has 0 aliphatic carbocycles. The van der Waals surface area contributed by atoms with Gasteiger partial charge in [-0.05, 0) is 0 Å². The van der Waals surface area contributed by atoms with Crippen LogP contribution in [0.5, 0.6) is 0 Å². The van der Waals surface area contributed by atoms with Gasteiger partial charge in [0.25, 0.3) is 0 Å². The van der Waals surface area contributed by atoms with Crippen LogP contribution in [0.4, 0.5) is 0 Å². The molecule has 0 aliphatic heterocycles. The van der Waals surface area contributed by atoms with Gasteiger partial charge in [0.05, 0.1) is 0 Å². The maximum atomic E-state index is 5.25. The van der Waals surface area contributed by atoms with E-state index in [0.29, 0.717) is 0 Å². The van der Waals surface area contributed by atoms with E-state index in [2.05, 4.69) is 21.0 Å². The predicted molar refractivity (Wildman–Crippen MR) is 48.4 cm³/mol. The normalized spacial score (nSPS) is 9.27. The molecule has 0 radical (unpaired) electrons. The van der Waals surface area contributed by atoms with E-state index >= 15 is 0 Å². The zero-order valence-corrected chi connectivity index (χ0v) is 8.01. The van der Waals surface area contributed by atoms with Crippen LogP contribution in [-0.4, -0.2) is 20.1 Å². The molecular formula is C8H10N2Se. The number of hydrogen-bond acceptors (Lipinski definition) is 2. The molecule has 0 bridgehead atoms. The molecule has 1 aromatic rings. The molecule has 0 spiro atoms. The fraction of sp³-hybridized carbons (Fsp3) is 0.125. The van der Waals surface area contributed by atoms with Crippen LogP contribution in [0.25, 0.3) is 0 Å². The number of nitrogens with two attached hydrogens (primary N) is 1. The van der Waals surface area contributed by atoms with Crippen molar-refractivity contribution in [3.63, 3.8) is 0 Å². The van der Waals surface area contributed by atoms with Crippen molar-refractivity contribution in [2.45, 2.75) is 6.92 Å². The van der Waals surface area contributed by atoms with Crippen molar-refractivity contribution < 1.29 is 0 Å². The Labute approximate surface area is 74.1 Å². The molecule has 0 fully saturated rings. The summed E-state index contributed by atoms with van der Waals surface area (Å²) >= 11 is 2.86. The van der Waals surface area contributed by atoms with Gasteiger partial charge in [-0.2, -0.15) is 0 Å². The van der Waals surface area contributed by atoms with Gasteiger partial charge in [0.2, 0.25) is 0 Å². The van der Waals surface area contributed by atoms with E-state index in [1.807, 2.05) is 31.2 Å². The molecule has 1 aromatic carbocycles. The van der Waals surface area contributed by atoms with Gasteiger partial charge in [0, 0.05) is 0 Å². The van der Waals surface area contributed by atoms with Crippen LogP contribution in [-0.2, 0) is 0 Å². The van der Waals surface area contributed by atoms with Crippen LogP contribution in [0.3, 0.4) is 0 Å². The third-order valence-electron chi connectivity index (χ3n) is 1.52. The van der Waals surface area contributed by atoms with Crippen LogP contribution < -0.4 is 11.3 Å². The minimum atomic E-state index is 0.878. The molecule has 0 saturated carbocycles. The molecular weight excluding hydrogens is 203 g/mol. The second-order valence-corrected chi connectivity index (χ2v) is 3.14. The first kappa shape index (κ1) is 8.47. The Morgan fingerprint density at radius 2 is 2.09 bits per heavy atom. The molecule has 0 heterocycles. The summed E-state index contributed by atoms with van der Waals surface area (Å²) in [5, 5.41) is 0. The van der Waals surface area contributed by atoms with Crippen LogP contribution in [0.1, 0.15) is 11.1 Å². The molecule has 0 aromatic heterocycles. The molecule has 0 unspecified atom stereocenters. The average Bonchev–Trinajstić information content (AvgIpc) is 2.04. The fourth-order valence-electron chi connectivity index (χ4n) is 0.905. The Balaban J connectivity index is 3.03. The number of rotatable bonds is 2. The van der Waals surface area contributed by atoms with Gasteiger partial charge in [0.1, 0.15) is 0 Å². The molecule has 3 N–H and O–H groups in total. The van der Waals surface area contributed by atoms with E-state index in [9.17, 15) is 0 Å². The summed E-state index contributed by atoms with van der Waals surface area (Å²) in [6.45, 7) is 2.05. The first-order valence-electron chi connectivity index (χ1n) is 3.32. The quantitative estimate of drug-likeness (QED) is 0.415. The molecule has 58 valence electrons. The van der Waals surface area contributed by atoms with E-state index in [1.54, 1.807) is 0 Å². The van der Waals surface area contributed by atoms with Gasteiger partial charge in [-0.1, -0.05) is 0 Å². The average molecular weight is 213 g/mol. The third kappa shape index (κ3) is 1.90. The van der Waals surface area contributed by atoms with Crippen molar-refractivity contribution in [2.75, 3.05) is 0 Å². The summed E-state index contributed by atoms with van der Waals surface area (Å²) in [6.07, 6.45) is 0. The molecule has 0 aliphatic rings. The van der Waals surface area contributed by atoms with Gasteiger partial charge in [-0.25, -0.2) is 0 Å². The monoisotopic (exact) mass is 214 g/mol. The van der Waals surface area contributed by atoms with Crippen molar-refractivity contribution in [2.24, 2.45) is 5.84 Å². The Hall–Kier alpha value is -0.631. The third-order valence-corrected chi connectivity index (χ3v) is 2.23. The van der Waals surface area contributed by atoms with Crippen LogP contribution in [0, 0.1) is 6.92 Å². The van der Waals surface area contributed by atoms with Crippen molar-refractivity contribution >= 4 is 20.1 Å². The molecule has 0 amide bonds. The SMILES string of the molecule is Cc1ccccc1C(=[Se])NN. The van der Waals surface area contributed by atoms with Crippen molar-refractivity contribution in [1.82, 2.24) is 5.43 Å². The number of aryl methyl sites for hydroxylation is 1. The van der Waals surface area contributed by atoms with Gasteiger partial charge >= 0.3 is 73.7 Å². The summed E-state index contributed by atoms with van der Waals surface area (Å²) in [5.74, 6) is 5.25. The minimum absolute atomic E-state index is 0.878.